The monoisotopic (exact) mass is 532 g/mol. The lowest BCUT2D eigenvalue weighted by Crippen LogP contribution is -2.48. The van der Waals surface area contributed by atoms with Crippen LogP contribution in [0.3, 0.4) is 0 Å². The number of hydrogen-bond acceptors (Lipinski definition) is 5. The van der Waals surface area contributed by atoms with Crippen LogP contribution < -0.4 is 0 Å². The minimum absolute atomic E-state index is 0.0887. The number of carbonyl (C=O) groups excluding carboxylic acids is 1. The molecule has 5 rings (SSSR count). The summed E-state index contributed by atoms with van der Waals surface area (Å²) in [4.78, 5) is 20.0. The molecule has 2 fully saturated rings. The van der Waals surface area contributed by atoms with E-state index in [4.69, 9.17) is 0 Å². The zero-order chi connectivity index (χ0) is 26.5. The van der Waals surface area contributed by atoms with Crippen LogP contribution in [0.25, 0.3) is 0 Å². The van der Waals surface area contributed by atoms with Gasteiger partial charge in [0.25, 0.3) is 5.91 Å². The third-order valence-electron chi connectivity index (χ3n) is 7.51. The molecule has 3 aromatic carbocycles. The van der Waals surface area contributed by atoms with Crippen LogP contribution in [0.4, 0.5) is 0 Å². The van der Waals surface area contributed by atoms with E-state index in [0.29, 0.717) is 31.1 Å². The Morgan fingerprint density at radius 2 is 1.18 bits per heavy atom. The molecule has 0 spiro atoms. The Balaban J connectivity index is 1.09. The van der Waals surface area contributed by atoms with Crippen molar-refractivity contribution in [3.05, 3.63) is 101 Å². The molecule has 2 saturated heterocycles. The number of carbonyl (C=O) groups is 1. The van der Waals surface area contributed by atoms with Crippen LogP contribution in [-0.2, 0) is 23.1 Å². The van der Waals surface area contributed by atoms with E-state index in [-0.39, 0.29) is 5.91 Å². The first-order valence-electron chi connectivity index (χ1n) is 13.3. The van der Waals surface area contributed by atoms with Crippen LogP contribution >= 0.6 is 0 Å². The van der Waals surface area contributed by atoms with Crippen molar-refractivity contribution in [2.75, 3.05) is 52.4 Å². The van der Waals surface area contributed by atoms with Crippen molar-refractivity contribution in [1.29, 1.82) is 0 Å². The van der Waals surface area contributed by atoms with Crippen LogP contribution in [0, 0.1) is 6.92 Å². The smallest absolute Gasteiger partial charge is 0.253 e. The molecular formula is C30H36N4O3S. The minimum atomic E-state index is -3.46. The first-order valence-corrected chi connectivity index (χ1v) is 14.8. The van der Waals surface area contributed by atoms with E-state index in [9.17, 15) is 13.2 Å². The molecule has 2 heterocycles. The van der Waals surface area contributed by atoms with Crippen molar-refractivity contribution in [2.24, 2.45) is 0 Å². The predicted molar refractivity (Wildman–Crippen MR) is 149 cm³/mol. The lowest BCUT2D eigenvalue weighted by Gasteiger charge is -2.35. The van der Waals surface area contributed by atoms with Gasteiger partial charge in [0, 0.05) is 71.0 Å². The third-order valence-corrected chi connectivity index (χ3v) is 9.42. The number of hydrogen-bond donors (Lipinski definition) is 0. The normalized spacial score (nSPS) is 18.0. The lowest BCUT2D eigenvalue weighted by atomic mass is 10.1. The SMILES string of the molecule is Cc1ccc(S(=O)(=O)N2CCN(Cc3ccc(C(=O)N4CCN(Cc5ccccc5)CC4)cc3)CC2)cc1. The average Bonchev–Trinajstić information content (AvgIpc) is 2.95. The summed E-state index contributed by atoms with van der Waals surface area (Å²) in [7, 11) is -3.46. The van der Waals surface area contributed by atoms with Crippen molar-refractivity contribution < 1.29 is 13.2 Å². The maximum atomic E-state index is 13.1. The molecule has 38 heavy (non-hydrogen) atoms. The van der Waals surface area contributed by atoms with E-state index in [1.807, 2.05) is 54.3 Å². The van der Waals surface area contributed by atoms with E-state index >= 15 is 0 Å². The Hall–Kier alpha value is -3.04. The summed E-state index contributed by atoms with van der Waals surface area (Å²) in [5.74, 6) is 0.0887. The molecule has 0 atom stereocenters. The van der Waals surface area contributed by atoms with Crippen LogP contribution in [0.2, 0.25) is 0 Å². The number of nitrogens with zero attached hydrogens (tertiary/aromatic N) is 4. The van der Waals surface area contributed by atoms with Crippen LogP contribution in [0.15, 0.2) is 83.8 Å². The molecule has 0 N–H and O–H groups in total. The third kappa shape index (κ3) is 6.32. The zero-order valence-corrected chi connectivity index (χ0v) is 22.8. The number of benzene rings is 3. The highest BCUT2D eigenvalue weighted by Gasteiger charge is 2.28. The van der Waals surface area contributed by atoms with Crippen LogP contribution in [0.1, 0.15) is 27.0 Å². The molecule has 7 nitrogen and oxygen atoms in total. The van der Waals surface area contributed by atoms with E-state index in [0.717, 1.165) is 56.0 Å². The molecule has 0 unspecified atom stereocenters. The highest BCUT2D eigenvalue weighted by molar-refractivity contribution is 7.89. The summed E-state index contributed by atoms with van der Waals surface area (Å²) in [5, 5.41) is 0. The molecule has 200 valence electrons. The second kappa shape index (κ2) is 11.8. The van der Waals surface area contributed by atoms with Crippen molar-refractivity contribution in [2.45, 2.75) is 24.9 Å². The van der Waals surface area contributed by atoms with E-state index in [2.05, 4.69) is 34.1 Å². The number of sulfonamides is 1. The maximum Gasteiger partial charge on any atom is 0.253 e. The summed E-state index contributed by atoms with van der Waals surface area (Å²) < 4.78 is 27.5. The second-order valence-corrected chi connectivity index (χ2v) is 12.2. The van der Waals surface area contributed by atoms with Crippen molar-refractivity contribution in [3.63, 3.8) is 0 Å². The Morgan fingerprint density at radius 3 is 1.76 bits per heavy atom. The highest BCUT2D eigenvalue weighted by atomic mass is 32.2. The molecule has 2 aliphatic heterocycles. The minimum Gasteiger partial charge on any atom is -0.336 e. The summed E-state index contributed by atoms with van der Waals surface area (Å²) in [5.41, 5.74) is 4.20. The largest absolute Gasteiger partial charge is 0.336 e. The molecule has 3 aromatic rings. The van der Waals surface area contributed by atoms with Gasteiger partial charge >= 0.3 is 0 Å². The van der Waals surface area contributed by atoms with E-state index < -0.39 is 10.0 Å². The van der Waals surface area contributed by atoms with Gasteiger partial charge < -0.3 is 4.90 Å². The highest BCUT2D eigenvalue weighted by Crippen LogP contribution is 2.20. The Labute approximate surface area is 226 Å². The van der Waals surface area contributed by atoms with Crippen LogP contribution in [-0.4, -0.2) is 85.7 Å². The van der Waals surface area contributed by atoms with Crippen molar-refractivity contribution >= 4 is 15.9 Å². The predicted octanol–water partition coefficient (Wildman–Crippen LogP) is 3.46. The first-order chi connectivity index (χ1) is 18.4. The standard InChI is InChI=1S/C30H36N4O3S/c1-25-7-13-29(14-8-25)38(36,37)34-21-17-32(18-22-34)24-27-9-11-28(12-10-27)30(35)33-19-15-31(16-20-33)23-26-5-3-2-4-6-26/h2-14H,15-24H2,1H3. The van der Waals surface area contributed by atoms with Gasteiger partial charge in [0.1, 0.15) is 0 Å². The molecule has 0 radical (unpaired) electrons. The fraction of sp³-hybridized carbons (Fsp3) is 0.367. The number of aryl methyl sites for hydroxylation is 1. The first kappa shape index (κ1) is 26.6. The maximum absolute atomic E-state index is 13.1. The quantitative estimate of drug-likeness (QED) is 0.466. The molecule has 1 amide bonds. The Bertz CT molecular complexity index is 1310. The number of amides is 1. The zero-order valence-electron chi connectivity index (χ0n) is 22.0. The number of piperazine rings is 2. The summed E-state index contributed by atoms with van der Waals surface area (Å²) >= 11 is 0. The van der Waals surface area contributed by atoms with Crippen molar-refractivity contribution in [3.8, 4) is 0 Å². The Kier molecular flexibility index (Phi) is 8.24. The fourth-order valence-electron chi connectivity index (χ4n) is 5.13. The van der Waals surface area contributed by atoms with Gasteiger partial charge in [0.05, 0.1) is 4.90 Å². The molecule has 0 aliphatic carbocycles. The van der Waals surface area contributed by atoms with Gasteiger partial charge in [0.15, 0.2) is 0 Å². The van der Waals surface area contributed by atoms with Gasteiger partial charge in [-0.25, -0.2) is 8.42 Å². The number of rotatable bonds is 7. The van der Waals surface area contributed by atoms with Gasteiger partial charge in [-0.3, -0.25) is 14.6 Å². The van der Waals surface area contributed by atoms with Crippen LogP contribution in [0.5, 0.6) is 0 Å². The topological polar surface area (TPSA) is 64.2 Å². The van der Waals surface area contributed by atoms with Gasteiger partial charge in [-0.15, -0.1) is 0 Å². The van der Waals surface area contributed by atoms with Gasteiger partial charge in [0.2, 0.25) is 10.0 Å². The molecule has 0 saturated carbocycles. The van der Waals surface area contributed by atoms with Gasteiger partial charge in [-0.1, -0.05) is 60.2 Å². The molecule has 2 aliphatic rings. The summed E-state index contributed by atoms with van der Waals surface area (Å²) in [6.07, 6.45) is 0. The Morgan fingerprint density at radius 1 is 0.658 bits per heavy atom. The molecular weight excluding hydrogens is 496 g/mol. The van der Waals surface area contributed by atoms with Gasteiger partial charge in [-0.05, 0) is 42.3 Å². The fourth-order valence-corrected chi connectivity index (χ4v) is 6.55. The van der Waals surface area contributed by atoms with Gasteiger partial charge in [-0.2, -0.15) is 4.31 Å². The molecule has 0 bridgehead atoms. The lowest BCUT2D eigenvalue weighted by molar-refractivity contribution is 0.0628. The van der Waals surface area contributed by atoms with E-state index in [1.165, 1.54) is 5.56 Å². The average molecular weight is 533 g/mol. The van der Waals surface area contributed by atoms with Crippen molar-refractivity contribution in [1.82, 2.24) is 19.0 Å². The summed E-state index contributed by atoms with van der Waals surface area (Å²) in [6.45, 7) is 9.16. The molecule has 8 heteroatoms. The summed E-state index contributed by atoms with van der Waals surface area (Å²) in [6, 6.07) is 25.4. The molecule has 0 aromatic heterocycles. The van der Waals surface area contributed by atoms with E-state index in [1.54, 1.807) is 16.4 Å². The second-order valence-electron chi connectivity index (χ2n) is 10.2.